The van der Waals surface area contributed by atoms with Crippen molar-refractivity contribution in [3.05, 3.63) is 59.3 Å². The zero-order chi connectivity index (χ0) is 14.5. The molecule has 0 saturated heterocycles. The molecule has 106 valence electrons. The highest BCUT2D eigenvalue weighted by atomic mass is 19.2. The summed E-state index contributed by atoms with van der Waals surface area (Å²) in [5.74, 6) is -1.90. The molecule has 0 bridgehead atoms. The number of amides is 1. The van der Waals surface area contributed by atoms with Crippen molar-refractivity contribution in [1.29, 1.82) is 0 Å². The van der Waals surface area contributed by atoms with Crippen molar-refractivity contribution in [2.24, 2.45) is 0 Å². The van der Waals surface area contributed by atoms with Crippen LogP contribution in [0.5, 0.6) is 0 Å². The van der Waals surface area contributed by atoms with E-state index >= 15 is 0 Å². The summed E-state index contributed by atoms with van der Waals surface area (Å²) in [5, 5.41) is 0. The lowest BCUT2D eigenvalue weighted by molar-refractivity contribution is -0.124. The molecule has 0 atom stereocenters. The lowest BCUT2D eigenvalue weighted by atomic mass is 10.1. The van der Waals surface area contributed by atoms with E-state index in [1.54, 1.807) is 31.3 Å². The number of hydrogen-bond acceptors (Lipinski definition) is 1. The zero-order valence-electron chi connectivity index (χ0n) is 11.4. The van der Waals surface area contributed by atoms with Gasteiger partial charge in [0.1, 0.15) is 0 Å². The highest BCUT2D eigenvalue weighted by Gasteiger charge is 2.16. The fourth-order valence-electron chi connectivity index (χ4n) is 2.09. The molecule has 1 aliphatic rings. The molecule has 2 nitrogen and oxygen atoms in total. The molecule has 0 fully saturated rings. The SMILES string of the molecule is CCc1ccc(CN2C=CCCC=CC2=O)c(F)c1F. The highest BCUT2D eigenvalue weighted by Crippen LogP contribution is 2.19. The van der Waals surface area contributed by atoms with Crippen LogP contribution in [-0.2, 0) is 17.8 Å². The van der Waals surface area contributed by atoms with Gasteiger partial charge in [-0.2, -0.15) is 0 Å². The van der Waals surface area contributed by atoms with Crippen LogP contribution in [0.25, 0.3) is 0 Å². The number of allylic oxidation sites excluding steroid dienone is 2. The number of carbonyl (C=O) groups excluding carboxylic acids is 1. The van der Waals surface area contributed by atoms with Gasteiger partial charge in [0.05, 0.1) is 6.54 Å². The molecule has 4 heteroatoms. The maximum Gasteiger partial charge on any atom is 0.250 e. The van der Waals surface area contributed by atoms with Crippen LogP contribution >= 0.6 is 0 Å². The summed E-state index contributed by atoms with van der Waals surface area (Å²) in [4.78, 5) is 13.3. The van der Waals surface area contributed by atoms with Gasteiger partial charge < -0.3 is 4.90 Å². The third-order valence-electron chi connectivity index (χ3n) is 3.29. The number of aryl methyl sites for hydroxylation is 1. The largest absolute Gasteiger partial charge is 0.311 e. The molecule has 1 amide bonds. The van der Waals surface area contributed by atoms with Crippen LogP contribution in [0.15, 0.2) is 36.6 Å². The van der Waals surface area contributed by atoms with Crippen LogP contribution in [0.1, 0.15) is 30.9 Å². The number of halogens is 2. The Bertz CT molecular complexity index is 564. The molecular formula is C16H17F2NO. The van der Waals surface area contributed by atoms with Crippen molar-refractivity contribution in [1.82, 2.24) is 4.90 Å². The molecule has 0 radical (unpaired) electrons. The van der Waals surface area contributed by atoms with Gasteiger partial charge in [0.25, 0.3) is 0 Å². The van der Waals surface area contributed by atoms with Gasteiger partial charge in [0.2, 0.25) is 5.91 Å². The van der Waals surface area contributed by atoms with Gasteiger partial charge in [0, 0.05) is 11.8 Å². The molecule has 2 rings (SSSR count). The molecule has 0 spiro atoms. The molecule has 0 aromatic heterocycles. The number of rotatable bonds is 3. The smallest absolute Gasteiger partial charge is 0.250 e. The first-order valence-corrected chi connectivity index (χ1v) is 6.73. The predicted molar refractivity (Wildman–Crippen MR) is 73.8 cm³/mol. The summed E-state index contributed by atoms with van der Waals surface area (Å²) in [6, 6.07) is 3.11. The monoisotopic (exact) mass is 277 g/mol. The summed E-state index contributed by atoms with van der Waals surface area (Å²) in [6.45, 7) is 1.80. The normalized spacial score (nSPS) is 15.3. The predicted octanol–water partition coefficient (Wildman–Crippen LogP) is 3.72. The van der Waals surface area contributed by atoms with E-state index in [9.17, 15) is 13.6 Å². The Morgan fingerprint density at radius 2 is 1.75 bits per heavy atom. The molecule has 20 heavy (non-hydrogen) atoms. The van der Waals surface area contributed by atoms with Crippen molar-refractivity contribution in [3.8, 4) is 0 Å². The Morgan fingerprint density at radius 3 is 2.50 bits per heavy atom. The first-order chi connectivity index (χ1) is 9.63. The van der Waals surface area contributed by atoms with E-state index in [-0.39, 0.29) is 18.0 Å². The van der Waals surface area contributed by atoms with Crippen molar-refractivity contribution in [3.63, 3.8) is 0 Å². The van der Waals surface area contributed by atoms with Crippen LogP contribution in [0.4, 0.5) is 8.78 Å². The van der Waals surface area contributed by atoms with Crippen LogP contribution in [0.2, 0.25) is 0 Å². The Kier molecular flexibility index (Phi) is 4.66. The van der Waals surface area contributed by atoms with Crippen LogP contribution in [0.3, 0.4) is 0 Å². The molecule has 1 heterocycles. The van der Waals surface area contributed by atoms with Gasteiger partial charge in [0.15, 0.2) is 11.6 Å². The fourth-order valence-corrected chi connectivity index (χ4v) is 2.09. The number of hydrogen-bond donors (Lipinski definition) is 0. The lowest BCUT2D eigenvalue weighted by Crippen LogP contribution is -2.24. The standard InChI is InChI=1S/C16H17F2NO/c1-2-12-8-9-13(16(18)15(12)17)11-19-10-6-4-3-5-7-14(19)20/h5-10H,2-4,11H2,1H3. The summed E-state index contributed by atoms with van der Waals surface area (Å²) in [5.41, 5.74) is 0.535. The topological polar surface area (TPSA) is 20.3 Å². The van der Waals surface area contributed by atoms with Gasteiger partial charge in [-0.15, -0.1) is 0 Å². The van der Waals surface area contributed by atoms with Gasteiger partial charge in [-0.25, -0.2) is 8.78 Å². The lowest BCUT2D eigenvalue weighted by Gasteiger charge is -2.19. The minimum Gasteiger partial charge on any atom is -0.311 e. The fraction of sp³-hybridized carbons (Fsp3) is 0.312. The minimum atomic E-state index is -0.864. The van der Waals surface area contributed by atoms with Gasteiger partial charge in [-0.1, -0.05) is 31.2 Å². The second-order valence-corrected chi connectivity index (χ2v) is 4.70. The van der Waals surface area contributed by atoms with Crippen molar-refractivity contribution >= 4 is 5.91 Å². The average molecular weight is 277 g/mol. The van der Waals surface area contributed by atoms with E-state index in [0.717, 1.165) is 12.8 Å². The van der Waals surface area contributed by atoms with E-state index in [1.807, 2.05) is 6.08 Å². The van der Waals surface area contributed by atoms with Crippen LogP contribution in [0, 0.1) is 11.6 Å². The summed E-state index contributed by atoms with van der Waals surface area (Å²) < 4.78 is 27.7. The summed E-state index contributed by atoms with van der Waals surface area (Å²) in [7, 11) is 0. The maximum atomic E-state index is 14.0. The molecule has 1 aromatic carbocycles. The number of benzene rings is 1. The van der Waals surface area contributed by atoms with E-state index in [4.69, 9.17) is 0 Å². The minimum absolute atomic E-state index is 0.0341. The first kappa shape index (κ1) is 14.4. The second kappa shape index (κ2) is 6.46. The first-order valence-electron chi connectivity index (χ1n) is 6.73. The third-order valence-corrected chi connectivity index (χ3v) is 3.29. The number of carbonyl (C=O) groups is 1. The molecule has 0 unspecified atom stereocenters. The maximum absolute atomic E-state index is 14.0. The molecule has 1 aromatic rings. The average Bonchev–Trinajstić information content (AvgIpc) is 2.43. The molecule has 1 aliphatic heterocycles. The van der Waals surface area contributed by atoms with Crippen LogP contribution in [-0.4, -0.2) is 10.8 Å². The number of nitrogens with zero attached hydrogens (tertiary/aromatic N) is 1. The molecule has 0 aliphatic carbocycles. The van der Waals surface area contributed by atoms with E-state index in [2.05, 4.69) is 0 Å². The summed E-state index contributed by atoms with van der Waals surface area (Å²) in [6.07, 6.45) is 8.82. The molecular weight excluding hydrogens is 260 g/mol. The zero-order valence-corrected chi connectivity index (χ0v) is 11.4. The van der Waals surface area contributed by atoms with Crippen LogP contribution < -0.4 is 0 Å². The Balaban J connectivity index is 2.24. The Labute approximate surface area is 117 Å². The van der Waals surface area contributed by atoms with Crippen molar-refractivity contribution in [2.45, 2.75) is 32.7 Å². The Morgan fingerprint density at radius 1 is 1.10 bits per heavy atom. The van der Waals surface area contributed by atoms with Crippen molar-refractivity contribution in [2.75, 3.05) is 0 Å². The third kappa shape index (κ3) is 3.13. The van der Waals surface area contributed by atoms with Gasteiger partial charge in [-0.3, -0.25) is 4.79 Å². The molecule has 0 N–H and O–H groups in total. The Hall–Kier alpha value is -1.97. The van der Waals surface area contributed by atoms with Gasteiger partial charge >= 0.3 is 0 Å². The highest BCUT2D eigenvalue weighted by molar-refractivity contribution is 5.88. The van der Waals surface area contributed by atoms with Crippen molar-refractivity contribution < 1.29 is 13.6 Å². The van der Waals surface area contributed by atoms with E-state index < -0.39 is 11.6 Å². The van der Waals surface area contributed by atoms with Gasteiger partial charge in [-0.05, 0) is 30.9 Å². The van der Waals surface area contributed by atoms with E-state index in [0.29, 0.717) is 12.0 Å². The quantitative estimate of drug-likeness (QED) is 0.824. The second-order valence-electron chi connectivity index (χ2n) is 4.70. The summed E-state index contributed by atoms with van der Waals surface area (Å²) >= 11 is 0. The molecule has 0 saturated carbocycles. The van der Waals surface area contributed by atoms with E-state index in [1.165, 1.54) is 11.0 Å².